The summed E-state index contributed by atoms with van der Waals surface area (Å²) in [6, 6.07) is 0. The Morgan fingerprint density at radius 2 is 1.32 bits per heavy atom. The lowest BCUT2D eigenvalue weighted by Gasteiger charge is -2.12. The molecule has 8 nitrogen and oxygen atoms in total. The summed E-state index contributed by atoms with van der Waals surface area (Å²) in [7, 11) is 0. The van der Waals surface area contributed by atoms with Crippen molar-refractivity contribution in [2.45, 2.75) is 0 Å². The number of nitrogens with one attached hydrogen (secondary N) is 2. The van der Waals surface area contributed by atoms with Crippen LogP contribution < -0.4 is 22.5 Å². The Bertz CT molecular complexity index is 940. The molecule has 0 unspecified atom stereocenters. The summed E-state index contributed by atoms with van der Waals surface area (Å²) in [5.41, 5.74) is -4.85. The molecule has 2 heterocycles. The molecule has 0 fully saturated rings. The Hall–Kier alpha value is -2.27. The van der Waals surface area contributed by atoms with Gasteiger partial charge in [0.2, 0.25) is 11.6 Å². The van der Waals surface area contributed by atoms with Gasteiger partial charge in [-0.25, -0.2) is 18.7 Å². The monoisotopic (exact) mass is 396 g/mol. The molecule has 0 aliphatic rings. The highest BCUT2D eigenvalue weighted by Gasteiger charge is 2.16. The normalized spacial score (nSPS) is 10.5. The molecule has 2 aromatic rings. The van der Waals surface area contributed by atoms with E-state index in [1.54, 1.807) is 9.97 Å². The molecule has 0 aliphatic carbocycles. The molecule has 2 N–H and O–H groups in total. The number of aromatic amines is 2. The van der Waals surface area contributed by atoms with Crippen molar-refractivity contribution in [3.8, 4) is 0 Å². The molecule has 2 aromatic heterocycles. The highest BCUT2D eigenvalue weighted by atomic mass is 79.9. The highest BCUT2D eigenvalue weighted by Crippen LogP contribution is 2.16. The lowest BCUT2D eigenvalue weighted by atomic mass is 10.5. The minimum atomic E-state index is -1.35. The van der Waals surface area contributed by atoms with Crippen molar-refractivity contribution in [1.29, 1.82) is 0 Å². The number of halogens is 4. The van der Waals surface area contributed by atoms with E-state index in [0.717, 1.165) is 0 Å². The first-order chi connectivity index (χ1) is 10.2. The van der Waals surface area contributed by atoms with Gasteiger partial charge in [-0.3, -0.25) is 19.6 Å². The first-order valence-electron chi connectivity index (χ1n) is 5.31. The Balaban J connectivity index is 2.89. The van der Waals surface area contributed by atoms with Crippen molar-refractivity contribution in [2.75, 3.05) is 0 Å². The molecule has 0 saturated carbocycles. The van der Waals surface area contributed by atoms with E-state index in [1.165, 1.54) is 0 Å². The molecule has 0 aromatic carbocycles. The Morgan fingerprint density at radius 3 is 1.64 bits per heavy atom. The van der Waals surface area contributed by atoms with Crippen molar-refractivity contribution in [2.24, 2.45) is 0 Å². The summed E-state index contributed by atoms with van der Waals surface area (Å²) in [6.45, 7) is 0. The number of hydrogen-bond acceptors (Lipinski definition) is 4. The van der Waals surface area contributed by atoms with Crippen LogP contribution in [0.4, 0.5) is 8.78 Å². The maximum Gasteiger partial charge on any atom is 0.334 e. The van der Waals surface area contributed by atoms with Gasteiger partial charge in [0.15, 0.2) is 5.82 Å². The summed E-state index contributed by atoms with van der Waals surface area (Å²) in [4.78, 5) is 48.7. The van der Waals surface area contributed by atoms with Gasteiger partial charge in [0.1, 0.15) is 3.94 Å². The predicted molar refractivity (Wildman–Crippen MR) is 74.9 cm³/mol. The van der Waals surface area contributed by atoms with Crippen LogP contribution in [0.5, 0.6) is 0 Å². The predicted octanol–water partition coefficient (Wildman–Crippen LogP) is -0.252. The van der Waals surface area contributed by atoms with E-state index < -0.39 is 43.9 Å². The van der Waals surface area contributed by atoms with Crippen molar-refractivity contribution >= 4 is 27.5 Å². The van der Waals surface area contributed by atoms with Crippen molar-refractivity contribution < 1.29 is 8.78 Å². The lowest BCUT2D eigenvalue weighted by Crippen LogP contribution is -2.39. The fraction of sp³-hybridized carbons (Fsp3) is 0. The van der Waals surface area contributed by atoms with E-state index >= 15 is 0 Å². The van der Waals surface area contributed by atoms with Crippen LogP contribution >= 0.6 is 27.5 Å². The van der Waals surface area contributed by atoms with Gasteiger partial charge < -0.3 is 0 Å². The quantitative estimate of drug-likeness (QED) is 0.728. The third-order valence-electron chi connectivity index (χ3n) is 2.42. The van der Waals surface area contributed by atoms with E-state index in [0.29, 0.717) is 21.5 Å². The SMILES string of the molecule is O=c1[nH]c(=O)n(C(=C(Cl)Br)n2cc(F)c(=O)[nH]c2=O)cc1F. The second kappa shape index (κ2) is 5.85. The van der Waals surface area contributed by atoms with Crippen LogP contribution in [0.15, 0.2) is 35.5 Å². The number of aromatic nitrogens is 4. The van der Waals surface area contributed by atoms with Crippen molar-refractivity contribution in [3.63, 3.8) is 0 Å². The van der Waals surface area contributed by atoms with E-state index in [4.69, 9.17) is 11.6 Å². The van der Waals surface area contributed by atoms with Crippen molar-refractivity contribution in [3.05, 3.63) is 75.5 Å². The molecule has 2 rings (SSSR count). The van der Waals surface area contributed by atoms with E-state index in [2.05, 4.69) is 15.9 Å². The first-order valence-corrected chi connectivity index (χ1v) is 6.48. The lowest BCUT2D eigenvalue weighted by molar-refractivity contribution is 0.546. The molecule has 0 spiro atoms. The van der Waals surface area contributed by atoms with Gasteiger partial charge in [-0.05, 0) is 15.9 Å². The first kappa shape index (κ1) is 16.1. The largest absolute Gasteiger partial charge is 0.334 e. The van der Waals surface area contributed by atoms with Crippen molar-refractivity contribution in [1.82, 2.24) is 19.1 Å². The second-order valence-corrected chi connectivity index (χ2v) is 5.42. The minimum Gasteiger partial charge on any atom is -0.271 e. The Labute approximate surface area is 131 Å². The molecule has 0 bridgehead atoms. The number of rotatable bonds is 2. The van der Waals surface area contributed by atoms with Gasteiger partial charge in [-0.1, -0.05) is 11.6 Å². The van der Waals surface area contributed by atoms with E-state index in [1.807, 2.05) is 0 Å². The summed E-state index contributed by atoms with van der Waals surface area (Å²) in [5, 5.41) is 0. The standard InChI is InChI=1S/C10H4BrClF2N4O4/c11-5(12)8(17-1-3(13)6(19)15-9(17)21)18-2-4(14)7(20)16-10(18)22/h1-2H,(H,15,19,21)(H,16,20,22). The zero-order valence-corrected chi connectivity index (χ0v) is 12.5. The molecular weight excluding hydrogens is 393 g/mol. The zero-order chi connectivity index (χ0) is 16.6. The van der Waals surface area contributed by atoms with Crippen LogP contribution in [0.1, 0.15) is 0 Å². The highest BCUT2D eigenvalue weighted by molar-refractivity contribution is 9.12. The molecule has 0 atom stereocenters. The summed E-state index contributed by atoms with van der Waals surface area (Å²) in [5.74, 6) is -3.23. The van der Waals surface area contributed by atoms with Gasteiger partial charge in [0, 0.05) is 0 Å². The second-order valence-electron chi connectivity index (χ2n) is 3.80. The van der Waals surface area contributed by atoms with Crippen LogP contribution in [0.2, 0.25) is 0 Å². The van der Waals surface area contributed by atoms with Crippen LogP contribution in [0.25, 0.3) is 0 Å². The zero-order valence-electron chi connectivity index (χ0n) is 10.2. The van der Waals surface area contributed by atoms with Gasteiger partial charge >= 0.3 is 11.4 Å². The smallest absolute Gasteiger partial charge is 0.271 e. The number of H-pyrrole nitrogens is 2. The Morgan fingerprint density at radius 1 is 0.955 bits per heavy atom. The molecule has 22 heavy (non-hydrogen) atoms. The molecule has 12 heteroatoms. The van der Waals surface area contributed by atoms with Crippen LogP contribution in [0, 0.1) is 17.5 Å². The topological polar surface area (TPSA) is 110 Å². The van der Waals surface area contributed by atoms with E-state index in [9.17, 15) is 28.0 Å². The molecule has 0 saturated heterocycles. The van der Waals surface area contributed by atoms with Gasteiger partial charge in [-0.15, -0.1) is 0 Å². The molecule has 0 aliphatic heterocycles. The summed E-state index contributed by atoms with van der Waals surface area (Å²) in [6.07, 6.45) is 0.908. The third-order valence-corrected chi connectivity index (χ3v) is 2.95. The van der Waals surface area contributed by atoms with Crippen LogP contribution in [-0.2, 0) is 0 Å². The summed E-state index contributed by atoms with van der Waals surface area (Å²) < 4.78 is 27.2. The average molecular weight is 398 g/mol. The van der Waals surface area contributed by atoms with Crippen LogP contribution in [-0.4, -0.2) is 19.1 Å². The molecule has 116 valence electrons. The molecule has 0 amide bonds. The number of nitrogens with zero attached hydrogens (tertiary/aromatic N) is 2. The molecular formula is C10H4BrClF2N4O4. The fourth-order valence-corrected chi connectivity index (χ4v) is 2.07. The van der Waals surface area contributed by atoms with Gasteiger partial charge in [-0.2, -0.15) is 8.78 Å². The fourth-order valence-electron chi connectivity index (χ4n) is 1.51. The number of hydrogen-bond donors (Lipinski definition) is 2. The maximum atomic E-state index is 13.3. The average Bonchev–Trinajstić information content (AvgIpc) is 2.41. The summed E-state index contributed by atoms with van der Waals surface area (Å²) >= 11 is 8.45. The molecule has 0 radical (unpaired) electrons. The third kappa shape index (κ3) is 2.85. The Kier molecular flexibility index (Phi) is 4.28. The van der Waals surface area contributed by atoms with Gasteiger partial charge in [0.25, 0.3) is 11.1 Å². The minimum absolute atomic E-state index is 0.394. The van der Waals surface area contributed by atoms with Gasteiger partial charge in [0.05, 0.1) is 12.4 Å². The van der Waals surface area contributed by atoms with Crippen LogP contribution in [0.3, 0.4) is 0 Å². The maximum absolute atomic E-state index is 13.3. The van der Waals surface area contributed by atoms with E-state index in [-0.39, 0.29) is 0 Å².